The highest BCUT2D eigenvalue weighted by molar-refractivity contribution is 5.39. The molecule has 0 radical (unpaired) electrons. The van der Waals surface area contributed by atoms with Gasteiger partial charge in [-0.05, 0) is 31.3 Å². The predicted octanol–water partition coefficient (Wildman–Crippen LogP) is 2.36. The van der Waals surface area contributed by atoms with Gasteiger partial charge in [-0.15, -0.1) is 0 Å². The monoisotopic (exact) mass is 218 g/mol. The summed E-state index contributed by atoms with van der Waals surface area (Å²) in [4.78, 5) is 5.98. The molecule has 1 aromatic rings. The summed E-state index contributed by atoms with van der Waals surface area (Å²) >= 11 is 0. The van der Waals surface area contributed by atoms with E-state index >= 15 is 0 Å². The molecule has 2 rings (SSSR count). The number of hydrogen-bond acceptors (Lipinski definition) is 2. The number of hydrogen-bond donors (Lipinski definition) is 0. The van der Waals surface area contributed by atoms with Gasteiger partial charge in [0.25, 0.3) is 0 Å². The molecule has 1 atom stereocenters. The van der Waals surface area contributed by atoms with Crippen LogP contribution in [-0.4, -0.2) is 30.5 Å². The van der Waals surface area contributed by atoms with Gasteiger partial charge >= 0.3 is 0 Å². The van der Waals surface area contributed by atoms with Crippen molar-refractivity contribution in [2.45, 2.75) is 5.92 Å². The van der Waals surface area contributed by atoms with Gasteiger partial charge in [-0.25, -0.2) is 4.39 Å². The summed E-state index contributed by atoms with van der Waals surface area (Å²) in [5, 5.41) is 0. The van der Waals surface area contributed by atoms with Crippen LogP contribution in [0.4, 0.5) is 4.39 Å². The second kappa shape index (κ2) is 4.58. The fraction of sp³-hybridized carbons (Fsp3) is 0.308. The molecule has 2 nitrogen and oxygen atoms in total. The van der Waals surface area contributed by atoms with Crippen LogP contribution in [0.1, 0.15) is 11.5 Å². The molecule has 0 N–H and O–H groups in total. The quantitative estimate of drug-likeness (QED) is 0.774. The summed E-state index contributed by atoms with van der Waals surface area (Å²) in [7, 11) is 4.07. The Labute approximate surface area is 95.1 Å². The summed E-state index contributed by atoms with van der Waals surface area (Å²) in [6, 6.07) is 1.54. The molecule has 0 aliphatic heterocycles. The topological polar surface area (TPSA) is 16.1 Å². The maximum Gasteiger partial charge on any atom is 0.141 e. The average molecular weight is 218 g/mol. The first-order chi connectivity index (χ1) is 7.65. The molecule has 84 valence electrons. The highest BCUT2D eigenvalue weighted by Gasteiger charge is 2.12. The minimum absolute atomic E-state index is 0.165. The van der Waals surface area contributed by atoms with Gasteiger partial charge in [-0.2, -0.15) is 0 Å². The molecule has 16 heavy (non-hydrogen) atoms. The van der Waals surface area contributed by atoms with E-state index in [-0.39, 0.29) is 11.7 Å². The van der Waals surface area contributed by atoms with E-state index in [9.17, 15) is 4.39 Å². The van der Waals surface area contributed by atoms with Crippen LogP contribution in [0.2, 0.25) is 0 Å². The Morgan fingerprint density at radius 1 is 1.38 bits per heavy atom. The van der Waals surface area contributed by atoms with Crippen LogP contribution >= 0.6 is 0 Å². The van der Waals surface area contributed by atoms with Crippen LogP contribution in [0, 0.1) is 5.82 Å². The van der Waals surface area contributed by atoms with Gasteiger partial charge in [0, 0.05) is 18.7 Å². The van der Waals surface area contributed by atoms with Crippen LogP contribution in [-0.2, 0) is 0 Å². The van der Waals surface area contributed by atoms with Gasteiger partial charge in [0.2, 0.25) is 0 Å². The third-order valence-corrected chi connectivity index (χ3v) is 2.52. The molecule has 3 heteroatoms. The smallest absolute Gasteiger partial charge is 0.141 e. The highest BCUT2D eigenvalue weighted by Crippen LogP contribution is 2.26. The standard InChI is InChI=1S/C13H15FN2/c1-16(2)9-10-3-4-11(5-10)12-6-13(14)8-15-7-12/h3-8,11H,9H2,1-2H3. The Morgan fingerprint density at radius 2 is 2.19 bits per heavy atom. The van der Waals surface area contributed by atoms with Gasteiger partial charge in [0.1, 0.15) is 5.82 Å². The Morgan fingerprint density at radius 3 is 2.88 bits per heavy atom. The van der Waals surface area contributed by atoms with Gasteiger partial charge in [0.15, 0.2) is 0 Å². The average Bonchev–Trinajstić information content (AvgIpc) is 2.65. The first kappa shape index (κ1) is 11.0. The number of aromatic nitrogens is 1. The van der Waals surface area contributed by atoms with Crippen molar-refractivity contribution in [1.29, 1.82) is 0 Å². The lowest BCUT2D eigenvalue weighted by Gasteiger charge is -2.09. The van der Waals surface area contributed by atoms with Gasteiger partial charge in [-0.1, -0.05) is 18.2 Å². The number of nitrogens with zero attached hydrogens (tertiary/aromatic N) is 2. The number of halogens is 1. The van der Waals surface area contributed by atoms with Crippen LogP contribution in [0.15, 0.2) is 42.3 Å². The summed E-state index contributed by atoms with van der Waals surface area (Å²) < 4.78 is 13.0. The van der Waals surface area contributed by atoms with Crippen LogP contribution in [0.25, 0.3) is 0 Å². The maximum absolute atomic E-state index is 13.0. The first-order valence-electron chi connectivity index (χ1n) is 5.29. The fourth-order valence-corrected chi connectivity index (χ4v) is 1.86. The van der Waals surface area contributed by atoms with E-state index in [1.165, 1.54) is 17.8 Å². The van der Waals surface area contributed by atoms with E-state index in [4.69, 9.17) is 0 Å². The Bertz CT molecular complexity index is 435. The number of allylic oxidation sites excluding steroid dienone is 2. The number of rotatable bonds is 3. The Kier molecular flexibility index (Phi) is 3.15. The zero-order chi connectivity index (χ0) is 11.5. The SMILES string of the molecule is CN(C)CC1=CC(c2cncc(F)c2)C=C1. The summed E-state index contributed by atoms with van der Waals surface area (Å²) in [6.45, 7) is 0.912. The molecule has 1 heterocycles. The Balaban J connectivity index is 2.14. The third kappa shape index (κ3) is 2.55. The zero-order valence-electron chi connectivity index (χ0n) is 9.52. The minimum atomic E-state index is -0.277. The Hall–Kier alpha value is -1.48. The molecule has 0 amide bonds. The minimum Gasteiger partial charge on any atom is -0.305 e. The molecule has 1 aliphatic carbocycles. The summed E-state index contributed by atoms with van der Waals surface area (Å²) in [5.74, 6) is -0.112. The molecule has 1 aliphatic rings. The maximum atomic E-state index is 13.0. The second-order valence-corrected chi connectivity index (χ2v) is 4.30. The lowest BCUT2D eigenvalue weighted by Crippen LogP contribution is -2.13. The van der Waals surface area contributed by atoms with Crippen molar-refractivity contribution in [3.63, 3.8) is 0 Å². The molecule has 0 fully saturated rings. The summed E-state index contributed by atoms with van der Waals surface area (Å²) in [5.41, 5.74) is 2.17. The lowest BCUT2D eigenvalue weighted by atomic mass is 10.0. The zero-order valence-corrected chi connectivity index (χ0v) is 9.52. The van der Waals surface area contributed by atoms with E-state index < -0.39 is 0 Å². The largest absolute Gasteiger partial charge is 0.305 e. The van der Waals surface area contributed by atoms with E-state index in [1.807, 2.05) is 14.1 Å². The van der Waals surface area contributed by atoms with E-state index in [1.54, 1.807) is 6.20 Å². The van der Waals surface area contributed by atoms with Crippen LogP contribution in [0.3, 0.4) is 0 Å². The molecule has 1 unspecified atom stereocenters. The molecular formula is C13H15FN2. The molecule has 0 aromatic carbocycles. The molecule has 1 aromatic heterocycles. The number of pyridine rings is 1. The van der Waals surface area contributed by atoms with E-state index in [0.717, 1.165) is 12.1 Å². The van der Waals surface area contributed by atoms with Gasteiger partial charge < -0.3 is 4.90 Å². The molecule has 0 bridgehead atoms. The molecular weight excluding hydrogens is 203 g/mol. The predicted molar refractivity (Wildman–Crippen MR) is 62.7 cm³/mol. The van der Waals surface area contributed by atoms with E-state index in [2.05, 4.69) is 28.1 Å². The van der Waals surface area contributed by atoms with E-state index in [0.29, 0.717) is 0 Å². The third-order valence-electron chi connectivity index (χ3n) is 2.52. The van der Waals surface area contributed by atoms with Crippen molar-refractivity contribution in [3.05, 3.63) is 53.6 Å². The van der Waals surface area contributed by atoms with Crippen molar-refractivity contribution in [1.82, 2.24) is 9.88 Å². The lowest BCUT2D eigenvalue weighted by molar-refractivity contribution is 0.449. The summed E-state index contributed by atoms with van der Waals surface area (Å²) in [6.07, 6.45) is 9.26. The second-order valence-electron chi connectivity index (χ2n) is 4.30. The molecule has 0 saturated heterocycles. The van der Waals surface area contributed by atoms with Crippen molar-refractivity contribution in [3.8, 4) is 0 Å². The van der Waals surface area contributed by atoms with Crippen molar-refractivity contribution >= 4 is 0 Å². The van der Waals surface area contributed by atoms with Crippen molar-refractivity contribution < 1.29 is 4.39 Å². The normalized spacial score (nSPS) is 19.2. The first-order valence-corrected chi connectivity index (χ1v) is 5.29. The highest BCUT2D eigenvalue weighted by atomic mass is 19.1. The fourth-order valence-electron chi connectivity index (χ4n) is 1.86. The van der Waals surface area contributed by atoms with Crippen molar-refractivity contribution in [2.24, 2.45) is 0 Å². The number of likely N-dealkylation sites (N-methyl/N-ethyl adjacent to an activating group) is 1. The van der Waals surface area contributed by atoms with Gasteiger partial charge in [0.05, 0.1) is 6.20 Å². The van der Waals surface area contributed by atoms with Gasteiger partial charge in [-0.3, -0.25) is 4.98 Å². The van der Waals surface area contributed by atoms with Crippen molar-refractivity contribution in [2.75, 3.05) is 20.6 Å². The molecule has 0 saturated carbocycles. The van der Waals surface area contributed by atoms with Crippen LogP contribution in [0.5, 0.6) is 0 Å². The molecule has 0 spiro atoms. The van der Waals surface area contributed by atoms with Crippen LogP contribution < -0.4 is 0 Å².